The minimum absolute atomic E-state index is 0.0998. The zero-order valence-electron chi connectivity index (χ0n) is 10.2. The first-order valence-electron chi connectivity index (χ1n) is 5.75. The Morgan fingerprint density at radius 3 is 2.80 bits per heavy atom. The van der Waals surface area contributed by atoms with Crippen LogP contribution in [0.25, 0.3) is 10.9 Å². The largest absolute Gasteiger partial charge is 0.390 e. The Balaban J connectivity index is 2.30. The molecule has 2 aromatic rings. The Kier molecular flexibility index (Phi) is 4.15. The predicted octanol–water partition coefficient (Wildman–Crippen LogP) is 2.25. The molecule has 7 heteroatoms. The fourth-order valence-electron chi connectivity index (χ4n) is 1.69. The summed E-state index contributed by atoms with van der Waals surface area (Å²) >= 11 is 5.81. The summed E-state index contributed by atoms with van der Waals surface area (Å²) < 4.78 is 25.8. The summed E-state index contributed by atoms with van der Waals surface area (Å²) in [4.78, 5) is 16.0. The van der Waals surface area contributed by atoms with Crippen LogP contribution in [0.5, 0.6) is 0 Å². The van der Waals surface area contributed by atoms with Gasteiger partial charge in [-0.15, -0.1) is 0 Å². The van der Waals surface area contributed by atoms with Crippen molar-refractivity contribution in [3.05, 3.63) is 41.0 Å². The highest BCUT2D eigenvalue weighted by molar-refractivity contribution is 6.30. The van der Waals surface area contributed by atoms with Gasteiger partial charge in [0.15, 0.2) is 0 Å². The number of amides is 1. The summed E-state index contributed by atoms with van der Waals surface area (Å²) in [5.74, 6) is -4.05. The number of hydrogen-bond donors (Lipinski definition) is 2. The van der Waals surface area contributed by atoms with Gasteiger partial charge in [-0.1, -0.05) is 29.8 Å². The quantitative estimate of drug-likeness (QED) is 0.851. The van der Waals surface area contributed by atoms with Crippen LogP contribution in [0.1, 0.15) is 10.4 Å². The van der Waals surface area contributed by atoms with Gasteiger partial charge < -0.3 is 10.4 Å². The SMILES string of the molecule is O=C(NCC(F)(F)CO)c1cc(Cl)nc2ccccc12. The van der Waals surface area contributed by atoms with Crippen molar-refractivity contribution in [2.24, 2.45) is 0 Å². The smallest absolute Gasteiger partial charge is 0.287 e. The van der Waals surface area contributed by atoms with Gasteiger partial charge >= 0.3 is 0 Å². The predicted molar refractivity (Wildman–Crippen MR) is 71.1 cm³/mol. The first-order chi connectivity index (χ1) is 9.43. The number of carbonyl (C=O) groups excluding carboxylic acids is 1. The molecule has 1 aromatic heterocycles. The van der Waals surface area contributed by atoms with E-state index in [4.69, 9.17) is 16.7 Å². The van der Waals surface area contributed by atoms with Crippen molar-refractivity contribution in [2.75, 3.05) is 13.2 Å². The number of aromatic nitrogens is 1. The van der Waals surface area contributed by atoms with Crippen LogP contribution < -0.4 is 5.32 Å². The molecule has 4 nitrogen and oxygen atoms in total. The molecule has 0 fully saturated rings. The monoisotopic (exact) mass is 300 g/mol. The molecule has 0 bridgehead atoms. The fourth-order valence-corrected chi connectivity index (χ4v) is 1.89. The number of rotatable bonds is 4. The van der Waals surface area contributed by atoms with Gasteiger partial charge in [0, 0.05) is 5.39 Å². The molecule has 0 atom stereocenters. The van der Waals surface area contributed by atoms with Gasteiger partial charge in [0.2, 0.25) is 0 Å². The van der Waals surface area contributed by atoms with E-state index in [1.54, 1.807) is 24.3 Å². The minimum atomic E-state index is -3.36. The first-order valence-corrected chi connectivity index (χ1v) is 6.13. The molecular formula is C13H11ClF2N2O2. The number of hydrogen-bond acceptors (Lipinski definition) is 3. The van der Waals surface area contributed by atoms with Crippen molar-refractivity contribution < 1.29 is 18.7 Å². The maximum atomic E-state index is 12.9. The number of alkyl halides is 2. The second-order valence-corrected chi connectivity index (χ2v) is 4.59. The van der Waals surface area contributed by atoms with E-state index in [-0.39, 0.29) is 10.7 Å². The van der Waals surface area contributed by atoms with E-state index in [1.165, 1.54) is 6.07 Å². The number of aliphatic hydroxyl groups excluding tert-OH is 1. The maximum Gasteiger partial charge on any atom is 0.287 e. The second kappa shape index (κ2) is 5.68. The number of halogens is 3. The maximum absolute atomic E-state index is 12.9. The normalized spacial score (nSPS) is 11.6. The number of fused-ring (bicyclic) bond motifs is 1. The van der Waals surface area contributed by atoms with Crippen LogP contribution in [0.2, 0.25) is 5.15 Å². The molecule has 1 amide bonds. The van der Waals surface area contributed by atoms with E-state index < -0.39 is 25.0 Å². The number of para-hydroxylation sites is 1. The van der Waals surface area contributed by atoms with E-state index in [9.17, 15) is 13.6 Å². The third-order valence-corrected chi connectivity index (χ3v) is 2.86. The minimum Gasteiger partial charge on any atom is -0.390 e. The number of aliphatic hydroxyl groups is 1. The summed E-state index contributed by atoms with van der Waals surface area (Å²) in [7, 11) is 0. The molecule has 0 aliphatic rings. The molecule has 2 N–H and O–H groups in total. The molecule has 20 heavy (non-hydrogen) atoms. The van der Waals surface area contributed by atoms with Crippen LogP contribution >= 0.6 is 11.6 Å². The summed E-state index contributed by atoms with van der Waals surface area (Å²) in [6.45, 7) is -2.28. The van der Waals surface area contributed by atoms with E-state index in [0.717, 1.165) is 0 Å². The van der Waals surface area contributed by atoms with Crippen molar-refractivity contribution in [3.8, 4) is 0 Å². The molecule has 106 valence electrons. The van der Waals surface area contributed by atoms with Gasteiger partial charge in [0.1, 0.15) is 11.8 Å². The van der Waals surface area contributed by atoms with E-state index in [0.29, 0.717) is 10.9 Å². The standard InChI is InChI=1S/C13H11ClF2N2O2/c14-11-5-9(8-3-1-2-4-10(8)18-11)12(20)17-6-13(15,16)7-19/h1-5,19H,6-7H2,(H,17,20). The molecule has 0 saturated carbocycles. The van der Waals surface area contributed by atoms with Crippen molar-refractivity contribution in [2.45, 2.75) is 5.92 Å². The molecule has 0 saturated heterocycles. The van der Waals surface area contributed by atoms with Gasteiger partial charge in [0.25, 0.3) is 11.8 Å². The number of nitrogens with one attached hydrogen (secondary N) is 1. The highest BCUT2D eigenvalue weighted by Crippen LogP contribution is 2.21. The number of nitrogens with zero attached hydrogens (tertiary/aromatic N) is 1. The summed E-state index contributed by atoms with van der Waals surface area (Å²) in [6, 6.07) is 8.07. The van der Waals surface area contributed by atoms with Gasteiger partial charge in [-0.25, -0.2) is 13.8 Å². The molecule has 0 spiro atoms. The second-order valence-electron chi connectivity index (χ2n) is 4.21. The number of carbonyl (C=O) groups is 1. The topological polar surface area (TPSA) is 62.2 Å². The highest BCUT2D eigenvalue weighted by Gasteiger charge is 2.28. The molecule has 0 radical (unpaired) electrons. The lowest BCUT2D eigenvalue weighted by Crippen LogP contribution is -2.39. The van der Waals surface area contributed by atoms with Crippen molar-refractivity contribution in [1.29, 1.82) is 0 Å². The molecular weight excluding hydrogens is 290 g/mol. The zero-order valence-corrected chi connectivity index (χ0v) is 11.0. The van der Waals surface area contributed by atoms with Gasteiger partial charge in [-0.05, 0) is 12.1 Å². The molecule has 0 aliphatic heterocycles. The molecule has 0 aliphatic carbocycles. The van der Waals surface area contributed by atoms with Gasteiger partial charge in [-0.2, -0.15) is 0 Å². The van der Waals surface area contributed by atoms with Crippen LogP contribution in [0.4, 0.5) is 8.78 Å². The Bertz CT molecular complexity index is 649. The molecule has 1 aromatic carbocycles. The summed E-state index contributed by atoms with van der Waals surface area (Å²) in [5.41, 5.74) is 0.661. The van der Waals surface area contributed by atoms with Gasteiger partial charge in [-0.3, -0.25) is 4.79 Å². The van der Waals surface area contributed by atoms with Crippen LogP contribution in [0.3, 0.4) is 0 Å². The fraction of sp³-hybridized carbons (Fsp3) is 0.231. The third-order valence-electron chi connectivity index (χ3n) is 2.67. The van der Waals surface area contributed by atoms with E-state index in [2.05, 4.69) is 10.3 Å². The number of pyridine rings is 1. The zero-order chi connectivity index (χ0) is 14.8. The van der Waals surface area contributed by atoms with Gasteiger partial charge in [0.05, 0.1) is 17.6 Å². The first kappa shape index (κ1) is 14.6. The van der Waals surface area contributed by atoms with Crippen molar-refractivity contribution in [1.82, 2.24) is 10.3 Å². The van der Waals surface area contributed by atoms with E-state index in [1.807, 2.05) is 0 Å². The summed E-state index contributed by atoms with van der Waals surface area (Å²) in [5, 5.41) is 11.2. The van der Waals surface area contributed by atoms with Crippen molar-refractivity contribution in [3.63, 3.8) is 0 Å². The Morgan fingerprint density at radius 2 is 2.10 bits per heavy atom. The van der Waals surface area contributed by atoms with E-state index >= 15 is 0 Å². The summed E-state index contributed by atoms with van der Waals surface area (Å²) in [6.07, 6.45) is 0. The molecule has 1 heterocycles. The third kappa shape index (κ3) is 3.20. The highest BCUT2D eigenvalue weighted by atomic mass is 35.5. The molecule has 0 unspecified atom stereocenters. The van der Waals surface area contributed by atoms with Crippen molar-refractivity contribution >= 4 is 28.4 Å². The lowest BCUT2D eigenvalue weighted by Gasteiger charge is -2.14. The van der Waals surface area contributed by atoms with Crippen LogP contribution in [-0.2, 0) is 0 Å². The average Bonchev–Trinajstić information content (AvgIpc) is 2.44. The lowest BCUT2D eigenvalue weighted by molar-refractivity contribution is -0.0461. The van der Waals surface area contributed by atoms with Crippen LogP contribution in [0.15, 0.2) is 30.3 Å². The number of benzene rings is 1. The average molecular weight is 301 g/mol. The Morgan fingerprint density at radius 1 is 1.40 bits per heavy atom. The van der Waals surface area contributed by atoms with Crippen LogP contribution in [-0.4, -0.2) is 35.1 Å². The Labute approximate surface area is 118 Å². The Hall–Kier alpha value is -1.79. The molecule has 2 rings (SSSR count). The van der Waals surface area contributed by atoms with Crippen LogP contribution in [0, 0.1) is 0 Å². The lowest BCUT2D eigenvalue weighted by atomic mass is 10.1.